The number of carbonyl (C=O) groups is 3. The van der Waals surface area contributed by atoms with Crippen LogP contribution in [0.5, 0.6) is 0 Å². The van der Waals surface area contributed by atoms with E-state index in [9.17, 15) is 19.2 Å². The van der Waals surface area contributed by atoms with Gasteiger partial charge in [0.2, 0.25) is 5.91 Å². The number of amides is 1. The van der Waals surface area contributed by atoms with E-state index >= 15 is 0 Å². The summed E-state index contributed by atoms with van der Waals surface area (Å²) in [5.41, 5.74) is 0.637. The molecule has 1 fully saturated rings. The van der Waals surface area contributed by atoms with Crippen LogP contribution < -0.4 is 10.5 Å². The van der Waals surface area contributed by atoms with Crippen molar-refractivity contribution >= 4 is 34.1 Å². The van der Waals surface area contributed by atoms with Crippen LogP contribution >= 0.6 is 0 Å². The molecule has 4 rings (SSSR count). The van der Waals surface area contributed by atoms with Gasteiger partial charge in [0, 0.05) is 29.6 Å². The molecule has 1 amide bonds. The molecule has 1 saturated heterocycles. The van der Waals surface area contributed by atoms with Gasteiger partial charge < -0.3 is 9.64 Å². The minimum absolute atomic E-state index is 0.0594. The molecular formula is C21H17N3O5. The van der Waals surface area contributed by atoms with Crippen molar-refractivity contribution in [3.63, 3.8) is 0 Å². The lowest BCUT2D eigenvalue weighted by molar-refractivity contribution is -0.117. The highest BCUT2D eigenvalue weighted by Crippen LogP contribution is 2.22. The van der Waals surface area contributed by atoms with E-state index in [2.05, 4.69) is 10.2 Å². The SMILES string of the molecule is O=C(COC(=O)c1n[nH]c(=O)c2ccccc12)c1ccc(N2CCCC2=O)cc1. The predicted molar refractivity (Wildman–Crippen MR) is 105 cm³/mol. The van der Waals surface area contributed by atoms with Gasteiger partial charge in [-0.05, 0) is 36.8 Å². The third kappa shape index (κ3) is 3.64. The van der Waals surface area contributed by atoms with Crippen molar-refractivity contribution in [2.24, 2.45) is 0 Å². The number of fused-ring (bicyclic) bond motifs is 1. The highest BCUT2D eigenvalue weighted by Gasteiger charge is 2.22. The van der Waals surface area contributed by atoms with Crippen LogP contribution in [0.1, 0.15) is 33.7 Å². The van der Waals surface area contributed by atoms with Crippen LogP contribution in [-0.2, 0) is 9.53 Å². The average Bonchev–Trinajstić information content (AvgIpc) is 3.18. The second kappa shape index (κ2) is 7.67. The van der Waals surface area contributed by atoms with E-state index in [1.54, 1.807) is 53.4 Å². The van der Waals surface area contributed by atoms with Gasteiger partial charge >= 0.3 is 5.97 Å². The number of esters is 1. The number of Topliss-reactive ketones (excluding diaryl/α,β-unsaturated/α-hetero) is 1. The quantitative estimate of drug-likeness (QED) is 0.527. The van der Waals surface area contributed by atoms with Crippen molar-refractivity contribution in [3.05, 3.63) is 70.1 Å². The van der Waals surface area contributed by atoms with E-state index < -0.39 is 18.1 Å². The number of rotatable bonds is 5. The van der Waals surface area contributed by atoms with Gasteiger partial charge in [0.25, 0.3) is 5.56 Å². The van der Waals surface area contributed by atoms with Gasteiger partial charge in [-0.25, -0.2) is 9.89 Å². The first-order chi connectivity index (χ1) is 14.0. The lowest BCUT2D eigenvalue weighted by atomic mass is 10.1. The summed E-state index contributed by atoms with van der Waals surface area (Å²) in [4.78, 5) is 50.0. The molecule has 3 aromatic rings. The summed E-state index contributed by atoms with van der Waals surface area (Å²) in [6.07, 6.45) is 1.35. The zero-order valence-electron chi connectivity index (χ0n) is 15.4. The Balaban J connectivity index is 1.45. The highest BCUT2D eigenvalue weighted by atomic mass is 16.5. The second-order valence-corrected chi connectivity index (χ2v) is 6.64. The first-order valence-corrected chi connectivity index (χ1v) is 9.13. The summed E-state index contributed by atoms with van der Waals surface area (Å²) in [5.74, 6) is -1.12. The van der Waals surface area contributed by atoms with Gasteiger partial charge in [-0.1, -0.05) is 18.2 Å². The summed E-state index contributed by atoms with van der Waals surface area (Å²) >= 11 is 0. The molecule has 2 heterocycles. The van der Waals surface area contributed by atoms with Crippen molar-refractivity contribution in [2.75, 3.05) is 18.1 Å². The topological polar surface area (TPSA) is 109 Å². The molecule has 0 aliphatic carbocycles. The number of H-pyrrole nitrogens is 1. The number of nitrogens with one attached hydrogen (secondary N) is 1. The molecule has 0 spiro atoms. The molecule has 1 aromatic heterocycles. The van der Waals surface area contributed by atoms with Crippen molar-refractivity contribution < 1.29 is 19.1 Å². The number of carbonyl (C=O) groups excluding carboxylic acids is 3. The standard InChI is InChI=1S/C21H17N3O5/c25-17(13-7-9-14(10-8-13)24-11-3-6-18(24)26)12-29-21(28)19-15-4-1-2-5-16(15)20(27)23-22-19/h1-2,4-5,7-10H,3,6,11-12H2,(H,23,27). The van der Waals surface area contributed by atoms with Crippen LogP contribution in [0.25, 0.3) is 10.8 Å². The molecule has 0 unspecified atom stereocenters. The zero-order valence-corrected chi connectivity index (χ0v) is 15.4. The number of ketones is 1. The highest BCUT2D eigenvalue weighted by molar-refractivity contribution is 6.04. The lowest BCUT2D eigenvalue weighted by Crippen LogP contribution is -2.23. The van der Waals surface area contributed by atoms with Crippen LogP contribution in [-0.4, -0.2) is 41.0 Å². The van der Waals surface area contributed by atoms with Gasteiger partial charge in [0.05, 0.1) is 5.39 Å². The Morgan fingerprint density at radius 3 is 2.45 bits per heavy atom. The molecule has 146 valence electrons. The first kappa shape index (κ1) is 18.5. The van der Waals surface area contributed by atoms with Gasteiger partial charge in [0.1, 0.15) is 0 Å². The monoisotopic (exact) mass is 391 g/mol. The normalized spacial score (nSPS) is 13.7. The second-order valence-electron chi connectivity index (χ2n) is 6.64. The van der Waals surface area contributed by atoms with E-state index in [-0.39, 0.29) is 17.4 Å². The molecule has 2 aromatic carbocycles. The van der Waals surface area contributed by atoms with E-state index in [0.29, 0.717) is 29.3 Å². The predicted octanol–water partition coefficient (Wildman–Crippen LogP) is 2.09. The molecule has 0 bridgehead atoms. The number of benzene rings is 2. The maximum absolute atomic E-state index is 12.4. The fourth-order valence-electron chi connectivity index (χ4n) is 3.30. The third-order valence-corrected chi connectivity index (χ3v) is 4.80. The summed E-state index contributed by atoms with van der Waals surface area (Å²) in [6.45, 7) is 0.208. The lowest BCUT2D eigenvalue weighted by Gasteiger charge is -2.15. The molecule has 1 aliphatic rings. The average molecular weight is 391 g/mol. The fourth-order valence-corrected chi connectivity index (χ4v) is 3.30. The molecule has 1 aliphatic heterocycles. The van der Waals surface area contributed by atoms with Crippen molar-refractivity contribution in [2.45, 2.75) is 12.8 Å². The van der Waals surface area contributed by atoms with Crippen molar-refractivity contribution in [1.29, 1.82) is 0 Å². The Kier molecular flexibility index (Phi) is 4.90. The Morgan fingerprint density at radius 1 is 1.03 bits per heavy atom. The molecular weight excluding hydrogens is 374 g/mol. The Hall–Kier alpha value is -3.81. The largest absolute Gasteiger partial charge is 0.452 e. The van der Waals surface area contributed by atoms with Crippen LogP contribution in [0, 0.1) is 0 Å². The zero-order chi connectivity index (χ0) is 20.4. The molecule has 0 atom stereocenters. The van der Waals surface area contributed by atoms with Gasteiger partial charge in [0.15, 0.2) is 18.1 Å². The Bertz CT molecular complexity index is 1170. The molecule has 0 saturated carbocycles. The number of anilines is 1. The van der Waals surface area contributed by atoms with Gasteiger partial charge in [-0.15, -0.1) is 0 Å². The number of aromatic amines is 1. The molecule has 8 nitrogen and oxygen atoms in total. The number of hydrogen-bond acceptors (Lipinski definition) is 6. The number of nitrogens with zero attached hydrogens (tertiary/aromatic N) is 2. The van der Waals surface area contributed by atoms with Crippen LogP contribution in [0.2, 0.25) is 0 Å². The van der Waals surface area contributed by atoms with E-state index in [1.807, 2.05) is 0 Å². The van der Waals surface area contributed by atoms with E-state index in [4.69, 9.17) is 4.74 Å². The Morgan fingerprint density at radius 2 is 1.76 bits per heavy atom. The van der Waals surface area contributed by atoms with E-state index in [0.717, 1.165) is 12.1 Å². The maximum Gasteiger partial charge on any atom is 0.359 e. The summed E-state index contributed by atoms with van der Waals surface area (Å²) in [7, 11) is 0. The van der Waals surface area contributed by atoms with E-state index in [1.165, 1.54) is 0 Å². The summed E-state index contributed by atoms with van der Waals surface area (Å²) in [5, 5.41) is 6.68. The minimum atomic E-state index is -0.801. The van der Waals surface area contributed by atoms with Crippen LogP contribution in [0.15, 0.2) is 53.3 Å². The molecule has 0 radical (unpaired) electrons. The Labute approximate surface area is 165 Å². The molecule has 1 N–H and O–H groups in total. The molecule has 29 heavy (non-hydrogen) atoms. The van der Waals surface area contributed by atoms with Crippen molar-refractivity contribution in [1.82, 2.24) is 10.2 Å². The van der Waals surface area contributed by atoms with Gasteiger partial charge in [-0.2, -0.15) is 5.10 Å². The third-order valence-electron chi connectivity index (χ3n) is 4.80. The van der Waals surface area contributed by atoms with Crippen molar-refractivity contribution in [3.8, 4) is 0 Å². The minimum Gasteiger partial charge on any atom is -0.452 e. The summed E-state index contributed by atoms with van der Waals surface area (Å²) < 4.78 is 5.10. The maximum atomic E-state index is 12.4. The first-order valence-electron chi connectivity index (χ1n) is 9.13. The summed E-state index contributed by atoms with van der Waals surface area (Å²) in [6, 6.07) is 13.1. The fraction of sp³-hybridized carbons (Fsp3) is 0.190. The smallest absolute Gasteiger partial charge is 0.359 e. The van der Waals surface area contributed by atoms with Crippen LogP contribution in [0.3, 0.4) is 0 Å². The van der Waals surface area contributed by atoms with Crippen LogP contribution in [0.4, 0.5) is 5.69 Å². The number of aromatic nitrogens is 2. The number of hydrogen-bond donors (Lipinski definition) is 1. The number of ether oxygens (including phenoxy) is 1. The van der Waals surface area contributed by atoms with Gasteiger partial charge in [-0.3, -0.25) is 14.4 Å². The molecule has 8 heteroatoms.